The van der Waals surface area contributed by atoms with Crippen molar-refractivity contribution < 1.29 is 5.11 Å². The van der Waals surface area contributed by atoms with Gasteiger partial charge in [-0.25, -0.2) is 0 Å². The van der Waals surface area contributed by atoms with Crippen molar-refractivity contribution in [1.29, 1.82) is 0 Å². The van der Waals surface area contributed by atoms with Crippen molar-refractivity contribution in [1.82, 2.24) is 5.32 Å². The molecule has 0 amide bonds. The first-order chi connectivity index (χ1) is 9.19. The molecule has 0 aromatic heterocycles. The molecule has 2 N–H and O–H groups in total. The highest BCUT2D eigenvalue weighted by Crippen LogP contribution is 2.30. The standard InChI is InChI=1S/C16H24BrNO/c1-2-12-3-5-13(6-4-12)10-18-11-14-7-8-16(19)15(17)9-14/h7-9,12-13,18-19H,2-6,10-11H2,1H3. The molecule has 106 valence electrons. The molecular formula is C16H24BrNO. The van der Waals surface area contributed by atoms with Crippen LogP contribution in [-0.2, 0) is 6.54 Å². The first-order valence-electron chi connectivity index (χ1n) is 7.37. The van der Waals surface area contributed by atoms with Crippen molar-refractivity contribution in [2.75, 3.05) is 6.54 Å². The summed E-state index contributed by atoms with van der Waals surface area (Å²) in [6.45, 7) is 4.31. The lowest BCUT2D eigenvalue weighted by Crippen LogP contribution is -2.26. The molecule has 0 heterocycles. The van der Waals surface area contributed by atoms with Gasteiger partial charge < -0.3 is 10.4 Å². The van der Waals surface area contributed by atoms with Gasteiger partial charge in [0.05, 0.1) is 4.47 Å². The number of aromatic hydroxyl groups is 1. The Bertz CT molecular complexity index is 400. The van der Waals surface area contributed by atoms with Gasteiger partial charge in [-0.05, 0) is 64.8 Å². The van der Waals surface area contributed by atoms with E-state index in [9.17, 15) is 5.11 Å². The average Bonchev–Trinajstić information content (AvgIpc) is 2.43. The van der Waals surface area contributed by atoms with Gasteiger partial charge in [0.15, 0.2) is 0 Å². The maximum absolute atomic E-state index is 9.45. The van der Waals surface area contributed by atoms with E-state index in [-0.39, 0.29) is 0 Å². The van der Waals surface area contributed by atoms with Gasteiger partial charge in [-0.1, -0.05) is 32.3 Å². The Kier molecular flexibility index (Phi) is 5.71. The zero-order valence-electron chi connectivity index (χ0n) is 11.7. The van der Waals surface area contributed by atoms with Crippen molar-refractivity contribution >= 4 is 15.9 Å². The van der Waals surface area contributed by atoms with Crippen LogP contribution in [0.1, 0.15) is 44.6 Å². The van der Waals surface area contributed by atoms with Crippen LogP contribution in [-0.4, -0.2) is 11.7 Å². The van der Waals surface area contributed by atoms with Gasteiger partial charge in [-0.15, -0.1) is 0 Å². The third kappa shape index (κ3) is 4.50. The monoisotopic (exact) mass is 325 g/mol. The van der Waals surface area contributed by atoms with Crippen molar-refractivity contribution in [3.63, 3.8) is 0 Å². The van der Waals surface area contributed by atoms with Gasteiger partial charge in [0, 0.05) is 6.54 Å². The highest BCUT2D eigenvalue weighted by Gasteiger charge is 2.19. The molecule has 2 nitrogen and oxygen atoms in total. The minimum Gasteiger partial charge on any atom is -0.507 e. The molecule has 1 aromatic rings. The summed E-state index contributed by atoms with van der Waals surface area (Å²) >= 11 is 3.35. The molecule has 1 aromatic carbocycles. The van der Waals surface area contributed by atoms with E-state index in [1.54, 1.807) is 6.07 Å². The molecule has 0 atom stereocenters. The van der Waals surface area contributed by atoms with E-state index >= 15 is 0 Å². The zero-order chi connectivity index (χ0) is 13.7. The first-order valence-corrected chi connectivity index (χ1v) is 8.16. The summed E-state index contributed by atoms with van der Waals surface area (Å²) in [6.07, 6.45) is 6.93. The largest absolute Gasteiger partial charge is 0.507 e. The maximum atomic E-state index is 9.45. The quantitative estimate of drug-likeness (QED) is 0.837. The van der Waals surface area contributed by atoms with Crippen LogP contribution in [0, 0.1) is 11.8 Å². The molecular weight excluding hydrogens is 302 g/mol. The summed E-state index contributed by atoms with van der Waals surface area (Å²) in [7, 11) is 0. The molecule has 1 saturated carbocycles. The van der Waals surface area contributed by atoms with Crippen molar-refractivity contribution in [3.05, 3.63) is 28.2 Å². The van der Waals surface area contributed by atoms with Crippen LogP contribution in [0.3, 0.4) is 0 Å². The molecule has 0 bridgehead atoms. The lowest BCUT2D eigenvalue weighted by molar-refractivity contribution is 0.262. The summed E-state index contributed by atoms with van der Waals surface area (Å²) < 4.78 is 0.773. The molecule has 3 heteroatoms. The van der Waals surface area contributed by atoms with Crippen LogP contribution in [0.15, 0.2) is 22.7 Å². The predicted octanol–water partition coefficient (Wildman–Crippen LogP) is 4.46. The van der Waals surface area contributed by atoms with Gasteiger partial charge in [0.25, 0.3) is 0 Å². The van der Waals surface area contributed by atoms with E-state index in [0.717, 1.165) is 29.4 Å². The number of hydrogen-bond donors (Lipinski definition) is 2. The fourth-order valence-corrected chi connectivity index (χ4v) is 3.35. The smallest absolute Gasteiger partial charge is 0.129 e. The topological polar surface area (TPSA) is 32.3 Å². The lowest BCUT2D eigenvalue weighted by atomic mass is 9.81. The average molecular weight is 326 g/mol. The van der Waals surface area contributed by atoms with E-state index in [1.807, 2.05) is 12.1 Å². The number of hydrogen-bond acceptors (Lipinski definition) is 2. The van der Waals surface area contributed by atoms with E-state index in [0.29, 0.717) is 5.75 Å². The Morgan fingerprint density at radius 1 is 1.21 bits per heavy atom. The normalized spacial score (nSPS) is 23.5. The Morgan fingerprint density at radius 2 is 1.89 bits per heavy atom. The molecule has 19 heavy (non-hydrogen) atoms. The summed E-state index contributed by atoms with van der Waals surface area (Å²) in [6, 6.07) is 5.70. The minimum atomic E-state index is 0.307. The SMILES string of the molecule is CCC1CCC(CNCc2ccc(O)c(Br)c2)CC1. The third-order valence-electron chi connectivity index (χ3n) is 4.32. The molecule has 0 unspecified atom stereocenters. The lowest BCUT2D eigenvalue weighted by Gasteiger charge is -2.27. The van der Waals surface area contributed by atoms with Crippen LogP contribution in [0.2, 0.25) is 0 Å². The second kappa shape index (κ2) is 7.30. The zero-order valence-corrected chi connectivity index (χ0v) is 13.2. The van der Waals surface area contributed by atoms with Crippen molar-refractivity contribution in [2.45, 2.75) is 45.6 Å². The molecule has 0 spiro atoms. The molecule has 1 aliphatic carbocycles. The Balaban J connectivity index is 1.70. The Labute approximate surface area is 124 Å². The summed E-state index contributed by atoms with van der Waals surface area (Å²) in [5.74, 6) is 2.13. The third-order valence-corrected chi connectivity index (χ3v) is 4.95. The van der Waals surface area contributed by atoms with Gasteiger partial charge >= 0.3 is 0 Å². The maximum Gasteiger partial charge on any atom is 0.129 e. The molecule has 1 aliphatic rings. The number of phenols is 1. The minimum absolute atomic E-state index is 0.307. The van der Waals surface area contributed by atoms with Gasteiger partial charge in [0.1, 0.15) is 5.75 Å². The Morgan fingerprint density at radius 3 is 2.53 bits per heavy atom. The van der Waals surface area contributed by atoms with Crippen LogP contribution < -0.4 is 5.32 Å². The van der Waals surface area contributed by atoms with Crippen LogP contribution in [0.5, 0.6) is 5.75 Å². The highest BCUT2D eigenvalue weighted by atomic mass is 79.9. The number of benzene rings is 1. The number of nitrogens with one attached hydrogen (secondary N) is 1. The summed E-state index contributed by atoms with van der Waals surface area (Å²) in [5.41, 5.74) is 1.21. The fourth-order valence-electron chi connectivity index (χ4n) is 2.92. The second-order valence-corrected chi connectivity index (χ2v) is 6.57. The van der Waals surface area contributed by atoms with E-state index in [1.165, 1.54) is 37.7 Å². The highest BCUT2D eigenvalue weighted by molar-refractivity contribution is 9.10. The number of rotatable bonds is 5. The second-order valence-electron chi connectivity index (χ2n) is 5.71. The van der Waals surface area contributed by atoms with Crippen molar-refractivity contribution in [3.8, 4) is 5.75 Å². The summed E-state index contributed by atoms with van der Waals surface area (Å²) in [5, 5.41) is 13.0. The van der Waals surface area contributed by atoms with Crippen LogP contribution in [0.25, 0.3) is 0 Å². The van der Waals surface area contributed by atoms with E-state index in [2.05, 4.69) is 28.2 Å². The van der Waals surface area contributed by atoms with Crippen molar-refractivity contribution in [2.24, 2.45) is 11.8 Å². The number of phenolic OH excluding ortho intramolecular Hbond substituents is 1. The molecule has 0 saturated heterocycles. The molecule has 0 aliphatic heterocycles. The van der Waals surface area contributed by atoms with Gasteiger partial charge in [-0.3, -0.25) is 0 Å². The van der Waals surface area contributed by atoms with Gasteiger partial charge in [-0.2, -0.15) is 0 Å². The summed E-state index contributed by atoms with van der Waals surface area (Å²) in [4.78, 5) is 0. The van der Waals surface area contributed by atoms with Crippen LogP contribution >= 0.6 is 15.9 Å². The molecule has 0 radical (unpaired) electrons. The molecule has 1 fully saturated rings. The first kappa shape index (κ1) is 14.9. The predicted molar refractivity (Wildman–Crippen MR) is 83.3 cm³/mol. The van der Waals surface area contributed by atoms with Crippen LogP contribution in [0.4, 0.5) is 0 Å². The van der Waals surface area contributed by atoms with Gasteiger partial charge in [0.2, 0.25) is 0 Å². The number of halogens is 1. The van der Waals surface area contributed by atoms with E-state index in [4.69, 9.17) is 0 Å². The fraction of sp³-hybridized carbons (Fsp3) is 0.625. The van der Waals surface area contributed by atoms with E-state index < -0.39 is 0 Å². The Hall–Kier alpha value is -0.540. The molecule has 2 rings (SSSR count).